The SMILES string of the molecule is CN(C)C1=NC2C(O1)SC(CO)C(O)C2O. The third-order valence-electron chi connectivity index (χ3n) is 2.71. The Morgan fingerprint density at radius 3 is 2.62 bits per heavy atom. The number of aliphatic imine (C=N–C) groups is 1. The molecule has 6 nitrogen and oxygen atoms in total. The fraction of sp³-hybridized carbons (Fsp3) is 0.889. The van der Waals surface area contributed by atoms with Crippen molar-refractivity contribution in [2.75, 3.05) is 20.7 Å². The summed E-state index contributed by atoms with van der Waals surface area (Å²) in [6.07, 6.45) is -1.95. The van der Waals surface area contributed by atoms with E-state index in [0.717, 1.165) is 0 Å². The van der Waals surface area contributed by atoms with Gasteiger partial charge in [-0.2, -0.15) is 0 Å². The monoisotopic (exact) mass is 248 g/mol. The first-order valence-electron chi connectivity index (χ1n) is 5.09. The molecule has 2 rings (SSSR count). The summed E-state index contributed by atoms with van der Waals surface area (Å²) >= 11 is 1.31. The Balaban J connectivity index is 2.14. The molecule has 0 aliphatic carbocycles. The molecule has 1 fully saturated rings. The van der Waals surface area contributed by atoms with E-state index in [1.807, 2.05) is 0 Å². The van der Waals surface area contributed by atoms with Gasteiger partial charge in [0.25, 0.3) is 6.02 Å². The van der Waals surface area contributed by atoms with E-state index in [0.29, 0.717) is 6.02 Å². The largest absolute Gasteiger partial charge is 0.448 e. The lowest BCUT2D eigenvalue weighted by molar-refractivity contribution is -0.0194. The third kappa shape index (κ3) is 1.88. The molecule has 1 saturated heterocycles. The van der Waals surface area contributed by atoms with Gasteiger partial charge in [0.05, 0.1) is 18.0 Å². The lowest BCUT2D eigenvalue weighted by Gasteiger charge is -2.36. The Hall–Kier alpha value is -0.500. The molecule has 16 heavy (non-hydrogen) atoms. The number of nitrogens with zero attached hydrogens (tertiary/aromatic N) is 2. The van der Waals surface area contributed by atoms with Crippen molar-refractivity contribution in [3.8, 4) is 0 Å². The fourth-order valence-electron chi connectivity index (χ4n) is 1.78. The molecule has 0 aromatic rings. The van der Waals surface area contributed by atoms with Gasteiger partial charge >= 0.3 is 0 Å². The zero-order chi connectivity index (χ0) is 11.9. The van der Waals surface area contributed by atoms with Crippen LogP contribution in [0.15, 0.2) is 4.99 Å². The van der Waals surface area contributed by atoms with Crippen LogP contribution in [0.5, 0.6) is 0 Å². The molecule has 3 N–H and O–H groups in total. The van der Waals surface area contributed by atoms with Gasteiger partial charge in [0.15, 0.2) is 5.44 Å². The van der Waals surface area contributed by atoms with Crippen LogP contribution in [0.3, 0.4) is 0 Å². The number of fused-ring (bicyclic) bond motifs is 1. The van der Waals surface area contributed by atoms with Crippen LogP contribution in [0.25, 0.3) is 0 Å². The predicted octanol–water partition coefficient (Wildman–Crippen LogP) is -1.54. The number of ether oxygens (including phenoxy) is 1. The molecular formula is C9H16N2O4S. The first kappa shape index (κ1) is 12.0. The van der Waals surface area contributed by atoms with Crippen LogP contribution in [0.4, 0.5) is 0 Å². The van der Waals surface area contributed by atoms with E-state index in [1.54, 1.807) is 19.0 Å². The highest BCUT2D eigenvalue weighted by Gasteiger charge is 2.48. The van der Waals surface area contributed by atoms with Gasteiger partial charge in [0, 0.05) is 14.1 Å². The second-order valence-corrected chi connectivity index (χ2v) is 5.46. The van der Waals surface area contributed by atoms with Gasteiger partial charge in [0.2, 0.25) is 0 Å². The average molecular weight is 248 g/mol. The second-order valence-electron chi connectivity index (χ2n) is 4.12. The molecule has 0 aromatic heterocycles. The Morgan fingerprint density at radius 2 is 2.06 bits per heavy atom. The molecule has 2 heterocycles. The summed E-state index contributed by atoms with van der Waals surface area (Å²) in [6.45, 7) is -0.188. The van der Waals surface area contributed by atoms with Crippen molar-refractivity contribution in [1.82, 2.24) is 4.90 Å². The molecule has 0 amide bonds. The highest BCUT2D eigenvalue weighted by Crippen LogP contribution is 2.38. The Labute approximate surface area is 97.9 Å². The average Bonchev–Trinajstić information content (AvgIpc) is 2.67. The highest BCUT2D eigenvalue weighted by molar-refractivity contribution is 8.00. The standard InChI is InChI=1S/C9H16N2O4S/c1-11(2)9-10-5-7(14)6(13)4(3-12)16-8(5)15-9/h4-8,12-14H,3H2,1-2H3. The summed E-state index contributed by atoms with van der Waals surface area (Å²) in [5.74, 6) is 0. The molecular weight excluding hydrogens is 232 g/mol. The Bertz CT molecular complexity index is 299. The summed E-state index contributed by atoms with van der Waals surface area (Å²) < 4.78 is 5.53. The third-order valence-corrected chi connectivity index (χ3v) is 4.13. The highest BCUT2D eigenvalue weighted by atomic mass is 32.2. The van der Waals surface area contributed by atoms with Crippen LogP contribution in [-0.2, 0) is 4.74 Å². The van der Waals surface area contributed by atoms with Crippen molar-refractivity contribution in [3.05, 3.63) is 0 Å². The summed E-state index contributed by atoms with van der Waals surface area (Å²) in [5, 5.41) is 28.3. The van der Waals surface area contributed by atoms with E-state index in [1.165, 1.54) is 11.8 Å². The van der Waals surface area contributed by atoms with Crippen LogP contribution in [0, 0.1) is 0 Å². The van der Waals surface area contributed by atoms with E-state index < -0.39 is 23.5 Å². The van der Waals surface area contributed by atoms with E-state index in [2.05, 4.69) is 4.99 Å². The minimum atomic E-state index is -0.985. The number of aliphatic hydroxyl groups excluding tert-OH is 3. The van der Waals surface area contributed by atoms with Crippen molar-refractivity contribution in [1.29, 1.82) is 0 Å². The van der Waals surface area contributed by atoms with E-state index >= 15 is 0 Å². The van der Waals surface area contributed by atoms with Gasteiger partial charge < -0.3 is 25.0 Å². The number of aliphatic hydroxyl groups is 3. The maximum atomic E-state index is 9.87. The molecule has 7 heteroatoms. The zero-order valence-corrected chi connectivity index (χ0v) is 9.96. The summed E-state index contributed by atoms with van der Waals surface area (Å²) in [7, 11) is 3.60. The molecule has 2 aliphatic heterocycles. The molecule has 5 unspecified atom stereocenters. The van der Waals surface area contributed by atoms with Gasteiger partial charge in [-0.05, 0) is 0 Å². The number of rotatable bonds is 1. The van der Waals surface area contributed by atoms with E-state index in [9.17, 15) is 10.2 Å². The first-order chi connectivity index (χ1) is 7.54. The van der Waals surface area contributed by atoms with Gasteiger partial charge in [-0.3, -0.25) is 0 Å². The quantitative estimate of drug-likeness (QED) is 0.521. The van der Waals surface area contributed by atoms with Crippen LogP contribution in [0.1, 0.15) is 0 Å². The molecule has 2 aliphatic rings. The van der Waals surface area contributed by atoms with E-state index in [-0.39, 0.29) is 12.0 Å². The van der Waals surface area contributed by atoms with Crippen molar-refractivity contribution in [3.63, 3.8) is 0 Å². The molecule has 5 atom stereocenters. The van der Waals surface area contributed by atoms with Crippen molar-refractivity contribution >= 4 is 17.8 Å². The maximum absolute atomic E-state index is 9.87. The Kier molecular flexibility index (Phi) is 3.29. The predicted molar refractivity (Wildman–Crippen MR) is 60.3 cm³/mol. The molecule has 0 aromatic carbocycles. The second kappa shape index (κ2) is 4.40. The lowest BCUT2D eigenvalue weighted by Crippen LogP contribution is -2.52. The van der Waals surface area contributed by atoms with Crippen LogP contribution >= 0.6 is 11.8 Å². The number of thioether (sulfide) groups is 1. The number of hydrogen-bond donors (Lipinski definition) is 3. The molecule has 0 bridgehead atoms. The smallest absolute Gasteiger partial charge is 0.288 e. The van der Waals surface area contributed by atoms with Gasteiger partial charge in [0.1, 0.15) is 12.1 Å². The summed E-state index contributed by atoms with van der Waals surface area (Å²) in [5.41, 5.74) is -0.326. The number of amidine groups is 1. The van der Waals surface area contributed by atoms with Gasteiger partial charge in [-0.15, -0.1) is 11.8 Å². The van der Waals surface area contributed by atoms with Gasteiger partial charge in [-0.1, -0.05) is 0 Å². The molecule has 0 radical (unpaired) electrons. The minimum absolute atomic E-state index is 0.188. The first-order valence-corrected chi connectivity index (χ1v) is 6.03. The van der Waals surface area contributed by atoms with Crippen molar-refractivity contribution in [2.45, 2.75) is 28.9 Å². The summed E-state index contributed by atoms with van der Waals surface area (Å²) in [4.78, 5) is 5.93. The topological polar surface area (TPSA) is 85.5 Å². The molecule has 0 saturated carbocycles. The van der Waals surface area contributed by atoms with Crippen molar-refractivity contribution < 1.29 is 20.1 Å². The summed E-state index contributed by atoms with van der Waals surface area (Å²) in [6, 6.07) is -0.00691. The van der Waals surface area contributed by atoms with Crippen molar-refractivity contribution in [2.24, 2.45) is 4.99 Å². The Morgan fingerprint density at radius 1 is 1.38 bits per heavy atom. The lowest BCUT2D eigenvalue weighted by atomic mass is 10.0. The van der Waals surface area contributed by atoms with Crippen LogP contribution in [-0.4, -0.2) is 75.9 Å². The van der Waals surface area contributed by atoms with E-state index in [4.69, 9.17) is 9.84 Å². The zero-order valence-electron chi connectivity index (χ0n) is 9.15. The fourth-order valence-corrected chi connectivity index (χ4v) is 3.06. The molecule has 92 valence electrons. The van der Waals surface area contributed by atoms with Crippen LogP contribution < -0.4 is 0 Å². The normalized spacial score (nSPS) is 42.3. The van der Waals surface area contributed by atoms with Gasteiger partial charge in [-0.25, -0.2) is 4.99 Å². The number of hydrogen-bond acceptors (Lipinski definition) is 7. The maximum Gasteiger partial charge on any atom is 0.288 e. The minimum Gasteiger partial charge on any atom is -0.448 e. The molecule has 0 spiro atoms. The van der Waals surface area contributed by atoms with Crippen LogP contribution in [0.2, 0.25) is 0 Å².